The van der Waals surface area contributed by atoms with Gasteiger partial charge in [0.05, 0.1) is 0 Å². The Morgan fingerprint density at radius 3 is 2.34 bits per heavy atom. The Balaban J connectivity index is 1.41. The lowest BCUT2D eigenvalue weighted by molar-refractivity contribution is 0.102. The molecule has 1 aliphatic carbocycles. The minimum Gasteiger partial charge on any atom is -0.322 e. The summed E-state index contributed by atoms with van der Waals surface area (Å²) in [6, 6.07) is 21.0. The van der Waals surface area contributed by atoms with Gasteiger partial charge < -0.3 is 20.4 Å². The van der Waals surface area contributed by atoms with Crippen molar-refractivity contribution >= 4 is 39.2 Å². The number of nitrogens with one attached hydrogen (secondary N) is 2. The Hall–Kier alpha value is -3.16. The van der Waals surface area contributed by atoms with Crippen molar-refractivity contribution in [2.45, 2.75) is 25.8 Å². The first-order valence-corrected chi connectivity index (χ1v) is 12.6. The van der Waals surface area contributed by atoms with Crippen molar-refractivity contribution in [2.24, 2.45) is 0 Å². The fourth-order valence-corrected chi connectivity index (χ4v) is 4.58. The molecule has 0 radical (unpaired) electrons. The molecule has 0 aromatic heterocycles. The molecular weight excluding hydrogens is 504 g/mol. The molecule has 3 aromatic rings. The normalized spacial score (nSPS) is 12.3. The fraction of sp³-hybridized carbons (Fsp3) is 0.286. The van der Waals surface area contributed by atoms with Crippen molar-refractivity contribution in [2.75, 3.05) is 37.8 Å². The molecule has 35 heavy (non-hydrogen) atoms. The number of benzene rings is 3. The summed E-state index contributed by atoms with van der Waals surface area (Å²) >= 11 is 3.42. The Morgan fingerprint density at radius 1 is 0.857 bits per heavy atom. The van der Waals surface area contributed by atoms with Gasteiger partial charge in [-0.05, 0) is 92.5 Å². The Labute approximate surface area is 215 Å². The van der Waals surface area contributed by atoms with Crippen molar-refractivity contribution in [3.8, 4) is 0 Å². The number of amides is 3. The number of anilines is 2. The van der Waals surface area contributed by atoms with E-state index in [1.807, 2.05) is 61.5 Å². The quantitative estimate of drug-likeness (QED) is 0.384. The lowest BCUT2D eigenvalue weighted by atomic mass is 10.1. The SMILES string of the molecule is CN(C)CCN(Cc1ccc(C(=O)Nc2cccc(Br)c2)cc1)C(=O)Nc1ccc2c(c1)CCC2. The van der Waals surface area contributed by atoms with Gasteiger partial charge in [-0.1, -0.05) is 40.2 Å². The molecule has 7 heteroatoms. The van der Waals surface area contributed by atoms with Crippen molar-refractivity contribution < 1.29 is 9.59 Å². The smallest absolute Gasteiger partial charge is 0.322 e. The van der Waals surface area contributed by atoms with Crippen LogP contribution in [0.2, 0.25) is 0 Å². The van der Waals surface area contributed by atoms with Gasteiger partial charge >= 0.3 is 6.03 Å². The minimum atomic E-state index is -0.173. The minimum absolute atomic E-state index is 0.124. The Morgan fingerprint density at radius 2 is 1.60 bits per heavy atom. The second-order valence-corrected chi connectivity index (χ2v) is 10.1. The van der Waals surface area contributed by atoms with Crippen LogP contribution in [0.25, 0.3) is 0 Å². The van der Waals surface area contributed by atoms with Crippen LogP contribution in [0.1, 0.15) is 33.5 Å². The molecule has 4 rings (SSSR count). The van der Waals surface area contributed by atoms with E-state index in [4.69, 9.17) is 0 Å². The lowest BCUT2D eigenvalue weighted by Crippen LogP contribution is -2.39. The monoisotopic (exact) mass is 534 g/mol. The van der Waals surface area contributed by atoms with Gasteiger partial charge in [0.1, 0.15) is 0 Å². The summed E-state index contributed by atoms with van der Waals surface area (Å²) in [4.78, 5) is 29.7. The van der Waals surface area contributed by atoms with Crippen LogP contribution >= 0.6 is 15.9 Å². The molecule has 0 saturated heterocycles. The molecule has 0 fully saturated rings. The van der Waals surface area contributed by atoms with E-state index in [1.54, 1.807) is 12.1 Å². The molecule has 2 N–H and O–H groups in total. The van der Waals surface area contributed by atoms with Gasteiger partial charge in [0, 0.05) is 41.0 Å². The van der Waals surface area contributed by atoms with E-state index in [1.165, 1.54) is 17.5 Å². The first-order chi connectivity index (χ1) is 16.9. The number of aryl methyl sites for hydroxylation is 2. The van der Waals surface area contributed by atoms with Crippen LogP contribution in [0.3, 0.4) is 0 Å². The maximum atomic E-state index is 13.2. The molecule has 3 amide bonds. The molecule has 0 heterocycles. The second-order valence-electron chi connectivity index (χ2n) is 9.15. The van der Waals surface area contributed by atoms with Crippen LogP contribution in [0, 0.1) is 0 Å². The lowest BCUT2D eigenvalue weighted by Gasteiger charge is -2.25. The average Bonchev–Trinajstić information content (AvgIpc) is 3.30. The number of halogens is 1. The molecule has 0 saturated carbocycles. The van der Waals surface area contributed by atoms with Crippen LogP contribution in [-0.4, -0.2) is 48.9 Å². The van der Waals surface area contributed by atoms with E-state index in [0.29, 0.717) is 18.7 Å². The molecule has 0 aliphatic heterocycles. The van der Waals surface area contributed by atoms with Crippen molar-refractivity contribution in [1.29, 1.82) is 0 Å². The molecular formula is C28H31BrN4O2. The van der Waals surface area contributed by atoms with Gasteiger partial charge in [-0.3, -0.25) is 4.79 Å². The summed E-state index contributed by atoms with van der Waals surface area (Å²) in [6.45, 7) is 1.80. The molecule has 1 aliphatic rings. The Bertz CT molecular complexity index is 1190. The average molecular weight is 535 g/mol. The van der Waals surface area contributed by atoms with E-state index in [9.17, 15) is 9.59 Å². The van der Waals surface area contributed by atoms with Crippen molar-refractivity contribution in [3.63, 3.8) is 0 Å². The molecule has 182 valence electrons. The number of nitrogens with zero attached hydrogens (tertiary/aromatic N) is 2. The van der Waals surface area contributed by atoms with Gasteiger partial charge in [-0.25, -0.2) is 4.79 Å². The van der Waals surface area contributed by atoms with Crippen LogP contribution in [0.4, 0.5) is 16.2 Å². The highest BCUT2D eigenvalue weighted by molar-refractivity contribution is 9.10. The van der Waals surface area contributed by atoms with E-state index < -0.39 is 0 Å². The van der Waals surface area contributed by atoms with Gasteiger partial charge in [-0.15, -0.1) is 0 Å². The zero-order valence-electron chi connectivity index (χ0n) is 20.2. The molecule has 0 unspecified atom stereocenters. The number of carbonyl (C=O) groups is 2. The highest BCUT2D eigenvalue weighted by atomic mass is 79.9. The molecule has 3 aromatic carbocycles. The standard InChI is InChI=1S/C28H31BrN4O2/c1-32(2)15-16-33(28(35)31-26-14-13-21-5-3-6-23(21)17-26)19-20-9-11-22(12-10-20)27(34)30-25-8-4-7-24(29)18-25/h4,7-14,17-18H,3,5-6,15-16,19H2,1-2H3,(H,30,34)(H,31,35). The first kappa shape index (κ1) is 24.9. The third-order valence-corrected chi connectivity index (χ3v) is 6.62. The molecule has 0 bridgehead atoms. The first-order valence-electron chi connectivity index (χ1n) is 11.9. The summed E-state index contributed by atoms with van der Waals surface area (Å²) in [5, 5.41) is 5.98. The van der Waals surface area contributed by atoms with Gasteiger partial charge in [0.15, 0.2) is 0 Å². The summed E-state index contributed by atoms with van der Waals surface area (Å²) in [6.07, 6.45) is 3.37. The molecule has 0 atom stereocenters. The van der Waals surface area contributed by atoms with Crippen LogP contribution in [0.5, 0.6) is 0 Å². The van der Waals surface area contributed by atoms with Gasteiger partial charge in [-0.2, -0.15) is 0 Å². The number of rotatable bonds is 8. The van der Waals surface area contributed by atoms with Gasteiger partial charge in [0.2, 0.25) is 0 Å². The number of fused-ring (bicyclic) bond motifs is 1. The second kappa shape index (κ2) is 11.5. The van der Waals surface area contributed by atoms with E-state index in [0.717, 1.165) is 40.8 Å². The number of likely N-dealkylation sites (N-methyl/N-ethyl adjacent to an activating group) is 1. The van der Waals surface area contributed by atoms with E-state index in [-0.39, 0.29) is 11.9 Å². The summed E-state index contributed by atoms with van der Waals surface area (Å²) in [5.74, 6) is -0.173. The highest BCUT2D eigenvalue weighted by Crippen LogP contribution is 2.25. The van der Waals surface area contributed by atoms with Crippen molar-refractivity contribution in [1.82, 2.24) is 9.80 Å². The number of urea groups is 1. The predicted octanol–water partition coefficient (Wildman–Crippen LogP) is 5.79. The third kappa shape index (κ3) is 6.93. The summed E-state index contributed by atoms with van der Waals surface area (Å²) in [5.41, 5.74) is 5.82. The predicted molar refractivity (Wildman–Crippen MR) is 145 cm³/mol. The summed E-state index contributed by atoms with van der Waals surface area (Å²) < 4.78 is 0.904. The maximum Gasteiger partial charge on any atom is 0.322 e. The number of hydrogen-bond acceptors (Lipinski definition) is 3. The number of carbonyl (C=O) groups excluding carboxylic acids is 2. The largest absolute Gasteiger partial charge is 0.322 e. The molecule has 6 nitrogen and oxygen atoms in total. The van der Waals surface area contributed by atoms with Crippen LogP contribution in [0.15, 0.2) is 71.2 Å². The third-order valence-electron chi connectivity index (χ3n) is 6.13. The summed E-state index contributed by atoms with van der Waals surface area (Å²) in [7, 11) is 3.99. The molecule has 0 spiro atoms. The number of hydrogen-bond donors (Lipinski definition) is 2. The van der Waals surface area contributed by atoms with Crippen LogP contribution < -0.4 is 10.6 Å². The highest BCUT2D eigenvalue weighted by Gasteiger charge is 2.17. The van der Waals surface area contributed by atoms with E-state index >= 15 is 0 Å². The maximum absolute atomic E-state index is 13.2. The zero-order valence-corrected chi connectivity index (χ0v) is 21.8. The van der Waals surface area contributed by atoms with Gasteiger partial charge in [0.25, 0.3) is 5.91 Å². The Kier molecular flexibility index (Phi) is 8.21. The fourth-order valence-electron chi connectivity index (χ4n) is 4.18. The van der Waals surface area contributed by atoms with E-state index in [2.05, 4.69) is 43.6 Å². The van der Waals surface area contributed by atoms with Crippen molar-refractivity contribution in [3.05, 3.63) is 93.5 Å². The zero-order chi connectivity index (χ0) is 24.8. The topological polar surface area (TPSA) is 64.7 Å². The van der Waals surface area contributed by atoms with Crippen LogP contribution in [-0.2, 0) is 19.4 Å².